The van der Waals surface area contributed by atoms with E-state index >= 15 is 0 Å². The van der Waals surface area contributed by atoms with Gasteiger partial charge < -0.3 is 4.74 Å². The lowest BCUT2D eigenvalue weighted by Gasteiger charge is -2.10. The maximum Gasteiger partial charge on any atom is 0.338 e. The quantitative estimate of drug-likeness (QED) is 0.557. The molecule has 0 unspecified atom stereocenters. The molecule has 0 aliphatic rings. The fourth-order valence-electron chi connectivity index (χ4n) is 1.37. The minimum atomic E-state index is -0.318. The summed E-state index contributed by atoms with van der Waals surface area (Å²) in [5.41, 5.74) is 3.43. The van der Waals surface area contributed by atoms with Crippen LogP contribution in [0.15, 0.2) is 12.1 Å². The minimum absolute atomic E-state index is 0.318. The SMILES string of the molecule is COC(=O)c1c(CCl)ccc(C)c1C. The maximum atomic E-state index is 11.5. The first-order valence-electron chi connectivity index (χ1n) is 4.35. The molecule has 0 aliphatic carbocycles. The van der Waals surface area contributed by atoms with E-state index in [1.807, 2.05) is 26.0 Å². The van der Waals surface area contributed by atoms with Gasteiger partial charge in [-0.25, -0.2) is 4.79 Å². The molecule has 0 amide bonds. The van der Waals surface area contributed by atoms with Gasteiger partial charge in [0.1, 0.15) is 0 Å². The second-order valence-electron chi connectivity index (χ2n) is 3.17. The van der Waals surface area contributed by atoms with E-state index in [0.29, 0.717) is 11.4 Å². The van der Waals surface area contributed by atoms with Gasteiger partial charge in [-0.3, -0.25) is 0 Å². The van der Waals surface area contributed by atoms with Crippen LogP contribution in [0.5, 0.6) is 0 Å². The summed E-state index contributed by atoms with van der Waals surface area (Å²) in [7, 11) is 1.38. The molecule has 0 radical (unpaired) electrons. The molecule has 1 aromatic rings. The molecule has 14 heavy (non-hydrogen) atoms. The van der Waals surface area contributed by atoms with E-state index in [9.17, 15) is 4.79 Å². The predicted octanol–water partition coefficient (Wildman–Crippen LogP) is 2.83. The van der Waals surface area contributed by atoms with Gasteiger partial charge in [0.2, 0.25) is 0 Å². The van der Waals surface area contributed by atoms with Crippen molar-refractivity contribution in [3.8, 4) is 0 Å². The number of alkyl halides is 1. The topological polar surface area (TPSA) is 26.3 Å². The first-order chi connectivity index (χ1) is 6.61. The van der Waals surface area contributed by atoms with Gasteiger partial charge in [0.15, 0.2) is 0 Å². The van der Waals surface area contributed by atoms with Crippen LogP contribution in [0.25, 0.3) is 0 Å². The number of aryl methyl sites for hydroxylation is 1. The Bertz CT molecular complexity index is 359. The van der Waals surface area contributed by atoms with Crippen LogP contribution in [0.1, 0.15) is 27.0 Å². The summed E-state index contributed by atoms with van der Waals surface area (Å²) in [5.74, 6) is 0.00722. The minimum Gasteiger partial charge on any atom is -0.465 e. The zero-order chi connectivity index (χ0) is 10.7. The van der Waals surface area contributed by atoms with Gasteiger partial charge in [-0.1, -0.05) is 12.1 Å². The fraction of sp³-hybridized carbons (Fsp3) is 0.364. The zero-order valence-electron chi connectivity index (χ0n) is 8.56. The third kappa shape index (κ3) is 1.90. The fourth-order valence-corrected chi connectivity index (χ4v) is 1.59. The molecule has 0 aromatic heterocycles. The van der Waals surface area contributed by atoms with Crippen molar-refractivity contribution < 1.29 is 9.53 Å². The van der Waals surface area contributed by atoms with Crippen molar-refractivity contribution in [3.63, 3.8) is 0 Å². The molecular weight excluding hydrogens is 200 g/mol. The largest absolute Gasteiger partial charge is 0.465 e. The molecule has 0 aliphatic heterocycles. The predicted molar refractivity (Wildman–Crippen MR) is 56.8 cm³/mol. The Morgan fingerprint density at radius 2 is 2.07 bits per heavy atom. The molecule has 0 heterocycles. The number of halogens is 1. The number of methoxy groups -OCH3 is 1. The van der Waals surface area contributed by atoms with Crippen LogP contribution >= 0.6 is 11.6 Å². The molecule has 0 spiro atoms. The Hall–Kier alpha value is -1.02. The first kappa shape index (κ1) is 11.1. The summed E-state index contributed by atoms with van der Waals surface area (Å²) in [6.07, 6.45) is 0. The van der Waals surface area contributed by atoms with Gasteiger partial charge in [0.25, 0.3) is 0 Å². The van der Waals surface area contributed by atoms with Crippen LogP contribution in [0.3, 0.4) is 0 Å². The van der Waals surface area contributed by atoms with E-state index in [1.54, 1.807) is 0 Å². The molecule has 0 fully saturated rings. The molecule has 1 rings (SSSR count). The van der Waals surface area contributed by atoms with Gasteiger partial charge in [0.05, 0.1) is 12.7 Å². The highest BCUT2D eigenvalue weighted by atomic mass is 35.5. The second kappa shape index (κ2) is 4.47. The molecule has 0 saturated heterocycles. The lowest BCUT2D eigenvalue weighted by atomic mass is 9.98. The maximum absolute atomic E-state index is 11.5. The average Bonchev–Trinajstić information content (AvgIpc) is 2.20. The molecule has 1 aromatic carbocycles. The third-order valence-electron chi connectivity index (χ3n) is 2.36. The van der Waals surface area contributed by atoms with Crippen molar-refractivity contribution in [1.82, 2.24) is 0 Å². The Morgan fingerprint density at radius 1 is 1.43 bits per heavy atom. The van der Waals surface area contributed by atoms with E-state index in [1.165, 1.54) is 7.11 Å². The summed E-state index contributed by atoms with van der Waals surface area (Å²) in [4.78, 5) is 11.5. The summed E-state index contributed by atoms with van der Waals surface area (Å²) in [6.45, 7) is 3.86. The van der Waals surface area contributed by atoms with Crippen LogP contribution in [-0.4, -0.2) is 13.1 Å². The monoisotopic (exact) mass is 212 g/mol. The standard InChI is InChI=1S/C11H13ClO2/c1-7-4-5-9(6-12)10(8(7)2)11(13)14-3/h4-5H,6H2,1-3H3. The van der Waals surface area contributed by atoms with Crippen molar-refractivity contribution >= 4 is 17.6 Å². The van der Waals surface area contributed by atoms with E-state index in [4.69, 9.17) is 16.3 Å². The van der Waals surface area contributed by atoms with Crippen LogP contribution in [0, 0.1) is 13.8 Å². The van der Waals surface area contributed by atoms with Crippen LogP contribution in [0.2, 0.25) is 0 Å². The number of ether oxygens (including phenoxy) is 1. The number of hydrogen-bond acceptors (Lipinski definition) is 2. The molecule has 0 bridgehead atoms. The Morgan fingerprint density at radius 3 is 2.57 bits per heavy atom. The Labute approximate surface area is 88.8 Å². The molecule has 76 valence electrons. The highest BCUT2D eigenvalue weighted by molar-refractivity contribution is 6.17. The smallest absolute Gasteiger partial charge is 0.338 e. The van der Waals surface area contributed by atoms with Gasteiger partial charge in [0, 0.05) is 5.88 Å². The van der Waals surface area contributed by atoms with Crippen molar-refractivity contribution in [3.05, 3.63) is 34.4 Å². The van der Waals surface area contributed by atoms with Crippen LogP contribution in [-0.2, 0) is 10.6 Å². The van der Waals surface area contributed by atoms with Gasteiger partial charge in [-0.05, 0) is 30.5 Å². The molecule has 0 N–H and O–H groups in total. The third-order valence-corrected chi connectivity index (χ3v) is 2.64. The van der Waals surface area contributed by atoms with E-state index in [2.05, 4.69) is 0 Å². The molecule has 0 saturated carbocycles. The summed E-state index contributed by atoms with van der Waals surface area (Å²) >= 11 is 5.75. The summed E-state index contributed by atoms with van der Waals surface area (Å²) in [6, 6.07) is 3.82. The summed E-state index contributed by atoms with van der Waals surface area (Å²) in [5, 5.41) is 0. The lowest BCUT2D eigenvalue weighted by Crippen LogP contribution is -2.08. The number of benzene rings is 1. The van der Waals surface area contributed by atoms with Crippen molar-refractivity contribution in [2.24, 2.45) is 0 Å². The number of carbonyl (C=O) groups excluding carboxylic acids is 1. The molecule has 0 atom stereocenters. The number of rotatable bonds is 2. The molecular formula is C11H13ClO2. The van der Waals surface area contributed by atoms with Gasteiger partial charge >= 0.3 is 5.97 Å². The Balaban J connectivity index is 3.35. The zero-order valence-corrected chi connectivity index (χ0v) is 9.31. The average molecular weight is 213 g/mol. The Kier molecular flexibility index (Phi) is 3.53. The van der Waals surface area contributed by atoms with Crippen molar-refractivity contribution in [2.75, 3.05) is 7.11 Å². The van der Waals surface area contributed by atoms with Crippen molar-refractivity contribution in [1.29, 1.82) is 0 Å². The number of hydrogen-bond donors (Lipinski definition) is 0. The molecule has 2 nitrogen and oxygen atoms in total. The van der Waals surface area contributed by atoms with E-state index < -0.39 is 0 Å². The lowest BCUT2D eigenvalue weighted by molar-refractivity contribution is 0.0599. The van der Waals surface area contributed by atoms with Crippen LogP contribution < -0.4 is 0 Å². The molecule has 3 heteroatoms. The van der Waals surface area contributed by atoms with E-state index in [-0.39, 0.29) is 5.97 Å². The highest BCUT2D eigenvalue weighted by Gasteiger charge is 2.15. The highest BCUT2D eigenvalue weighted by Crippen LogP contribution is 2.20. The van der Waals surface area contributed by atoms with Crippen molar-refractivity contribution in [2.45, 2.75) is 19.7 Å². The van der Waals surface area contributed by atoms with Gasteiger partial charge in [-0.15, -0.1) is 11.6 Å². The van der Waals surface area contributed by atoms with Gasteiger partial charge in [-0.2, -0.15) is 0 Å². The first-order valence-corrected chi connectivity index (χ1v) is 4.88. The van der Waals surface area contributed by atoms with Crippen LogP contribution in [0.4, 0.5) is 0 Å². The number of carbonyl (C=O) groups is 1. The summed E-state index contributed by atoms with van der Waals surface area (Å²) < 4.78 is 4.72. The second-order valence-corrected chi connectivity index (χ2v) is 3.43. The normalized spacial score (nSPS) is 10.0. The van der Waals surface area contributed by atoms with E-state index in [0.717, 1.165) is 16.7 Å². The number of esters is 1.